The highest BCUT2D eigenvalue weighted by Gasteiger charge is 2.17. The van der Waals surface area contributed by atoms with Crippen molar-refractivity contribution in [3.63, 3.8) is 0 Å². The second-order valence-electron chi connectivity index (χ2n) is 4.00. The summed E-state index contributed by atoms with van der Waals surface area (Å²) in [6.07, 6.45) is 4.34. The Kier molecular flexibility index (Phi) is 3.48. The molecule has 0 fully saturated rings. The normalized spacial score (nSPS) is 14.1. The zero-order valence-corrected chi connectivity index (χ0v) is 11.5. The number of rotatable bonds is 2. The summed E-state index contributed by atoms with van der Waals surface area (Å²) < 4.78 is 1.00. The van der Waals surface area contributed by atoms with Gasteiger partial charge in [-0.25, -0.2) is 0 Å². The van der Waals surface area contributed by atoms with Gasteiger partial charge in [0.15, 0.2) is 5.78 Å². The number of nitrogens with one attached hydrogen (secondary N) is 1. The third-order valence-corrected chi connectivity index (χ3v) is 3.31. The van der Waals surface area contributed by atoms with E-state index in [-0.39, 0.29) is 5.78 Å². The zero-order valence-electron chi connectivity index (χ0n) is 9.88. The van der Waals surface area contributed by atoms with Crippen LogP contribution in [0.25, 0.3) is 5.57 Å². The molecule has 3 heteroatoms. The number of carbonyl (C=O) groups excluding carboxylic acids is 1. The molecule has 1 aromatic rings. The highest BCUT2D eigenvalue weighted by molar-refractivity contribution is 9.10. The predicted molar refractivity (Wildman–Crippen MR) is 74.8 cm³/mol. The van der Waals surface area contributed by atoms with E-state index in [2.05, 4.69) is 21.2 Å². The Morgan fingerprint density at radius 3 is 2.88 bits per heavy atom. The minimum atomic E-state index is 0.180. The van der Waals surface area contributed by atoms with Crippen LogP contribution in [0.2, 0.25) is 0 Å². The molecule has 0 amide bonds. The van der Waals surface area contributed by atoms with Gasteiger partial charge < -0.3 is 5.32 Å². The molecule has 2 rings (SSSR count). The Morgan fingerprint density at radius 1 is 1.41 bits per heavy atom. The SMILES string of the molecule is CCC(=O)C1=C(C)C=CNc2cc(Br)ccc21. The van der Waals surface area contributed by atoms with Gasteiger partial charge in [0.2, 0.25) is 0 Å². The predicted octanol–water partition coefficient (Wildman–Crippen LogP) is 4.14. The van der Waals surface area contributed by atoms with Gasteiger partial charge in [0, 0.05) is 33.9 Å². The minimum Gasteiger partial charge on any atom is -0.361 e. The lowest BCUT2D eigenvalue weighted by Gasteiger charge is -2.11. The summed E-state index contributed by atoms with van der Waals surface area (Å²) in [4.78, 5) is 12.0. The van der Waals surface area contributed by atoms with E-state index < -0.39 is 0 Å². The van der Waals surface area contributed by atoms with Crippen LogP contribution in [-0.2, 0) is 4.79 Å². The molecular formula is C14H14BrNO. The van der Waals surface area contributed by atoms with E-state index in [1.165, 1.54) is 0 Å². The first kappa shape index (κ1) is 12.1. The van der Waals surface area contributed by atoms with E-state index in [1.807, 2.05) is 44.3 Å². The Labute approximate surface area is 110 Å². The largest absolute Gasteiger partial charge is 0.361 e. The minimum absolute atomic E-state index is 0.180. The summed E-state index contributed by atoms with van der Waals surface area (Å²) in [5, 5.41) is 3.20. The second-order valence-corrected chi connectivity index (χ2v) is 4.92. The summed E-state index contributed by atoms with van der Waals surface area (Å²) in [5.41, 5.74) is 3.76. The fraction of sp³-hybridized carbons (Fsp3) is 0.214. The fourth-order valence-corrected chi connectivity index (χ4v) is 2.31. The molecule has 0 radical (unpaired) electrons. The first-order chi connectivity index (χ1) is 8.13. The number of anilines is 1. The van der Waals surface area contributed by atoms with Crippen molar-refractivity contribution in [3.05, 3.63) is 46.1 Å². The van der Waals surface area contributed by atoms with Crippen LogP contribution < -0.4 is 5.32 Å². The molecular weight excluding hydrogens is 278 g/mol. The summed E-state index contributed by atoms with van der Waals surface area (Å²) >= 11 is 3.44. The van der Waals surface area contributed by atoms with E-state index in [9.17, 15) is 4.79 Å². The Hall–Kier alpha value is -1.35. The summed E-state index contributed by atoms with van der Waals surface area (Å²) in [7, 11) is 0. The van der Waals surface area contributed by atoms with Gasteiger partial charge in [-0.05, 0) is 30.7 Å². The number of ketones is 1. The molecule has 0 saturated carbocycles. The van der Waals surface area contributed by atoms with Gasteiger partial charge in [0.25, 0.3) is 0 Å². The number of hydrogen-bond acceptors (Lipinski definition) is 2. The number of benzene rings is 1. The lowest BCUT2D eigenvalue weighted by atomic mass is 9.95. The second kappa shape index (κ2) is 4.88. The highest BCUT2D eigenvalue weighted by atomic mass is 79.9. The molecule has 2 nitrogen and oxygen atoms in total. The van der Waals surface area contributed by atoms with Gasteiger partial charge in [-0.1, -0.05) is 28.9 Å². The zero-order chi connectivity index (χ0) is 12.4. The maximum Gasteiger partial charge on any atom is 0.163 e. The average molecular weight is 292 g/mol. The summed E-state index contributed by atoms with van der Waals surface area (Å²) in [6, 6.07) is 5.93. The standard InChI is InChI=1S/C14H14BrNO/c1-3-13(17)14-9(2)6-7-16-12-8-10(15)4-5-11(12)14/h4-8,16H,3H2,1-2H3. The number of hydrogen-bond donors (Lipinski definition) is 1. The van der Waals surface area contributed by atoms with Gasteiger partial charge in [-0.15, -0.1) is 0 Å². The number of fused-ring (bicyclic) bond motifs is 1. The number of carbonyl (C=O) groups is 1. The van der Waals surface area contributed by atoms with E-state index in [0.717, 1.165) is 26.9 Å². The Balaban J connectivity index is 2.64. The highest BCUT2D eigenvalue weighted by Crippen LogP contribution is 2.32. The topological polar surface area (TPSA) is 29.1 Å². The molecule has 17 heavy (non-hydrogen) atoms. The molecule has 1 aliphatic rings. The van der Waals surface area contributed by atoms with Crippen molar-refractivity contribution in [3.8, 4) is 0 Å². The lowest BCUT2D eigenvalue weighted by Crippen LogP contribution is -2.03. The number of halogens is 1. The molecule has 0 aromatic heterocycles. The molecule has 0 aliphatic carbocycles. The maximum absolute atomic E-state index is 12.0. The molecule has 0 atom stereocenters. The van der Waals surface area contributed by atoms with Gasteiger partial charge >= 0.3 is 0 Å². The van der Waals surface area contributed by atoms with Crippen molar-refractivity contribution in [2.75, 3.05) is 5.32 Å². The van der Waals surface area contributed by atoms with Crippen LogP contribution in [0.15, 0.2) is 40.5 Å². The average Bonchev–Trinajstić information content (AvgIpc) is 2.46. The van der Waals surface area contributed by atoms with Crippen LogP contribution >= 0.6 is 15.9 Å². The van der Waals surface area contributed by atoms with Crippen molar-refractivity contribution in [1.29, 1.82) is 0 Å². The van der Waals surface area contributed by atoms with Gasteiger partial charge in [0.1, 0.15) is 0 Å². The molecule has 1 heterocycles. The van der Waals surface area contributed by atoms with E-state index >= 15 is 0 Å². The third kappa shape index (κ3) is 2.34. The Morgan fingerprint density at radius 2 is 2.18 bits per heavy atom. The van der Waals surface area contributed by atoms with Crippen LogP contribution in [0.5, 0.6) is 0 Å². The molecule has 1 aromatic carbocycles. The molecule has 0 spiro atoms. The molecule has 0 bridgehead atoms. The van der Waals surface area contributed by atoms with Crippen molar-refractivity contribution >= 4 is 33.0 Å². The summed E-state index contributed by atoms with van der Waals surface area (Å²) in [6.45, 7) is 3.86. The van der Waals surface area contributed by atoms with Crippen LogP contribution in [0.4, 0.5) is 5.69 Å². The monoisotopic (exact) mass is 291 g/mol. The van der Waals surface area contributed by atoms with Gasteiger partial charge in [-0.3, -0.25) is 4.79 Å². The van der Waals surface area contributed by atoms with Crippen LogP contribution in [0.1, 0.15) is 25.8 Å². The third-order valence-electron chi connectivity index (χ3n) is 2.82. The van der Waals surface area contributed by atoms with Crippen LogP contribution in [0, 0.1) is 0 Å². The quantitative estimate of drug-likeness (QED) is 0.887. The van der Waals surface area contributed by atoms with Gasteiger partial charge in [-0.2, -0.15) is 0 Å². The first-order valence-corrected chi connectivity index (χ1v) is 6.40. The van der Waals surface area contributed by atoms with Crippen molar-refractivity contribution < 1.29 is 4.79 Å². The van der Waals surface area contributed by atoms with E-state index in [4.69, 9.17) is 0 Å². The molecule has 0 unspecified atom stereocenters. The van der Waals surface area contributed by atoms with Crippen LogP contribution in [-0.4, -0.2) is 5.78 Å². The number of Topliss-reactive ketones (excluding diaryl/α,β-unsaturated/α-hetero) is 1. The molecule has 0 saturated heterocycles. The van der Waals surface area contributed by atoms with E-state index in [1.54, 1.807) is 0 Å². The molecule has 1 N–H and O–H groups in total. The Bertz CT molecular complexity index is 529. The van der Waals surface area contributed by atoms with E-state index in [0.29, 0.717) is 6.42 Å². The summed E-state index contributed by atoms with van der Waals surface area (Å²) in [5.74, 6) is 0.180. The lowest BCUT2D eigenvalue weighted by molar-refractivity contribution is -0.113. The van der Waals surface area contributed by atoms with Crippen molar-refractivity contribution in [1.82, 2.24) is 0 Å². The fourth-order valence-electron chi connectivity index (χ4n) is 1.95. The number of allylic oxidation sites excluding steroid dienone is 3. The molecule has 88 valence electrons. The maximum atomic E-state index is 12.0. The smallest absolute Gasteiger partial charge is 0.163 e. The van der Waals surface area contributed by atoms with Gasteiger partial charge in [0.05, 0.1) is 0 Å². The van der Waals surface area contributed by atoms with Crippen molar-refractivity contribution in [2.45, 2.75) is 20.3 Å². The first-order valence-electron chi connectivity index (χ1n) is 5.60. The van der Waals surface area contributed by atoms with Crippen LogP contribution in [0.3, 0.4) is 0 Å². The van der Waals surface area contributed by atoms with Crippen molar-refractivity contribution in [2.24, 2.45) is 0 Å². The molecule has 1 aliphatic heterocycles.